The number of Topliss-reactive ketones (excluding diaryl/α,β-unsaturated/α-hetero) is 1. The van der Waals surface area contributed by atoms with Gasteiger partial charge in [-0.05, 0) is 211 Å². The van der Waals surface area contributed by atoms with Crippen LogP contribution in [0, 0.1) is 35.5 Å². The Bertz CT molecular complexity index is 6150. The van der Waals surface area contributed by atoms with Gasteiger partial charge in [-0.1, -0.05) is 119 Å². The molecule has 3 aromatic heterocycles. The van der Waals surface area contributed by atoms with E-state index in [1.165, 1.54) is 70.6 Å². The topological polar surface area (TPSA) is 448 Å². The van der Waals surface area contributed by atoms with Gasteiger partial charge in [0.05, 0.1) is 16.7 Å². The molecule has 15 rings (SSSR count). The molecule has 4 saturated heterocycles. The summed E-state index contributed by atoms with van der Waals surface area (Å²) in [4.78, 5) is 78.4. The number of benzene rings is 4. The molecule has 7 heterocycles. The van der Waals surface area contributed by atoms with E-state index in [9.17, 15) is 107 Å². The number of anilines is 1. The van der Waals surface area contributed by atoms with Gasteiger partial charge < -0.3 is 69.9 Å². The second-order valence-corrected chi connectivity index (χ2v) is 48.6. The minimum absolute atomic E-state index is 0.00878. The number of ketones is 1. The van der Waals surface area contributed by atoms with E-state index in [0.717, 1.165) is 119 Å². The van der Waals surface area contributed by atoms with Gasteiger partial charge in [0, 0.05) is 163 Å². The monoisotopic (exact) mass is 2220 g/mol. The number of nitrogens with two attached hydrogens (primary N) is 2. The number of hydrogen-bond acceptors (Lipinski definition) is 24. The van der Waals surface area contributed by atoms with Crippen molar-refractivity contribution < 1.29 is 145 Å². The largest absolute Gasteiger partial charge is 0.594 e. The van der Waals surface area contributed by atoms with Crippen LogP contribution in [0.25, 0.3) is 5.52 Å². The van der Waals surface area contributed by atoms with Crippen molar-refractivity contribution in [3.63, 3.8) is 0 Å². The Morgan fingerprint density at radius 1 is 0.544 bits per heavy atom. The molecule has 7 aromatic rings. The highest BCUT2D eigenvalue weighted by molar-refractivity contribution is 7.87. The van der Waals surface area contributed by atoms with Crippen LogP contribution in [0.15, 0.2) is 138 Å². The summed E-state index contributed by atoms with van der Waals surface area (Å²) in [6, 6.07) is 26.8. The first-order valence-electron chi connectivity index (χ1n) is 46.8. The summed E-state index contributed by atoms with van der Waals surface area (Å²) < 4.78 is 255. The van der Waals surface area contributed by atoms with Gasteiger partial charge in [-0.15, -0.1) is 8.42 Å². The molecule has 8 fully saturated rings. The van der Waals surface area contributed by atoms with E-state index in [1.807, 2.05) is 72.2 Å². The van der Waals surface area contributed by atoms with Gasteiger partial charge in [-0.25, -0.2) is 43.3 Å². The van der Waals surface area contributed by atoms with Crippen molar-refractivity contribution in [1.29, 1.82) is 0 Å². The minimum atomic E-state index is -5.08. The maximum atomic E-state index is 13.2. The summed E-state index contributed by atoms with van der Waals surface area (Å²) in [7, 11) is -8.76. The third kappa shape index (κ3) is 37.4. The molecule has 0 atom stereocenters. The highest BCUT2D eigenvalue weighted by atomic mass is 35.5. The Morgan fingerprint density at radius 2 is 0.913 bits per heavy atom. The van der Waals surface area contributed by atoms with Gasteiger partial charge in [-0.3, -0.25) is 4.79 Å². The SMILES string of the molecule is CC(C)(C)OC(=O)N1CC2(CC(=O)C2)C1.CC(C)(C)OC(=O)N1CC2(CC(NCc3ccc(C(F)(F)F)cc3)C2)C1.CC(C)(C)OC(=O)NS(=O)(=O)N(Cc1ccc(C(F)(F)F)cc1)C1CC2(C1)CN(C(=O)OC(C)(C)C)C2.CN(C)c1cc[n+](S(=O)(=O)N=C([O-])OC(C)(C)C)cc1.Cc1cc(Cl)n2ncnc(Cl)c12.Cc1ccc(CN)cc1.NS(=O)(=O)N(Cc1ccc(C(F)(F)F)cc1)C1CC2(CNC2)C1.O=C(O)C(F)(F)F. The van der Waals surface area contributed by atoms with Gasteiger partial charge in [-0.2, -0.15) is 83.2 Å². The molecule has 52 heteroatoms. The van der Waals surface area contributed by atoms with E-state index in [0.29, 0.717) is 98.2 Å². The van der Waals surface area contributed by atoms with E-state index < -0.39 is 130 Å². The number of fused-ring (bicyclic) bond motifs is 1. The van der Waals surface area contributed by atoms with Crippen LogP contribution in [0.4, 0.5) is 77.6 Å². The van der Waals surface area contributed by atoms with Crippen molar-refractivity contribution >= 4 is 107 Å². The molecule has 4 aliphatic carbocycles. The fourth-order valence-corrected chi connectivity index (χ4v) is 20.3. The first-order chi connectivity index (χ1) is 68.0. The maximum absolute atomic E-state index is 13.2. The lowest BCUT2D eigenvalue weighted by Crippen LogP contribution is -2.68. The number of carboxylic acid groups (broad SMARTS) is 1. The second kappa shape index (κ2) is 47.7. The average Bonchev–Trinajstić information content (AvgIpc) is 0.930. The van der Waals surface area contributed by atoms with Crippen molar-refractivity contribution in [2.75, 3.05) is 71.4 Å². The molecule has 4 spiro atoms. The normalized spacial score (nSPS) is 18.1. The number of ether oxygens (including phenoxy) is 5. The van der Waals surface area contributed by atoms with Crippen molar-refractivity contribution in [3.8, 4) is 0 Å². The minimum Gasteiger partial charge on any atom is -0.594 e. The summed E-state index contributed by atoms with van der Waals surface area (Å²) in [6.07, 6.45) is -12.0. The molecule has 0 radical (unpaired) electrons. The van der Waals surface area contributed by atoms with Gasteiger partial charge in [0.1, 0.15) is 45.2 Å². The molecule has 0 unspecified atom stereocenters. The molecule has 35 nitrogen and oxygen atoms in total. The first-order valence-corrected chi connectivity index (χ1v) is 51.9. The summed E-state index contributed by atoms with van der Waals surface area (Å²) >= 11 is 11.7. The number of hydrogen-bond donors (Lipinski definition) is 6. The Labute approximate surface area is 868 Å². The fourth-order valence-electron chi connectivity index (χ4n) is 16.8. The molecule has 0 bridgehead atoms. The number of pyridine rings is 1. The number of rotatable bonds is 16. The van der Waals surface area contributed by atoms with Crippen LogP contribution in [0.3, 0.4) is 0 Å². The van der Waals surface area contributed by atoms with Gasteiger partial charge in [0.2, 0.25) is 0 Å². The molecule has 8 N–H and O–H groups in total. The smallest absolute Gasteiger partial charge is 0.493 e. The third-order valence-electron chi connectivity index (χ3n) is 23.9. The number of aryl methyl sites for hydroxylation is 2. The predicted octanol–water partition coefficient (Wildman–Crippen LogP) is 16.0. The van der Waals surface area contributed by atoms with Crippen LogP contribution in [0.5, 0.6) is 0 Å². The summed E-state index contributed by atoms with van der Waals surface area (Å²) in [5.41, 5.74) is 6.79. The number of carbonyl (C=O) groups is 6. The molecule has 8 aliphatic rings. The fraction of sp³-hybridized carbons (Fsp3) is 0.567. The lowest BCUT2D eigenvalue weighted by molar-refractivity contribution is -0.511. The Morgan fingerprint density at radius 3 is 1.26 bits per heavy atom. The van der Waals surface area contributed by atoms with Gasteiger partial charge in [0.15, 0.2) is 23.6 Å². The van der Waals surface area contributed by atoms with E-state index in [2.05, 4.69) is 56.3 Å². The Balaban J connectivity index is 0.000000217. The molecule has 4 aliphatic heterocycles. The number of likely N-dealkylation sites (tertiary alicyclic amines) is 3. The van der Waals surface area contributed by atoms with Crippen molar-refractivity contribution in [1.82, 2.24) is 53.3 Å². The van der Waals surface area contributed by atoms with Gasteiger partial charge >= 0.3 is 75.5 Å². The van der Waals surface area contributed by atoms with Gasteiger partial charge in [0.25, 0.3) is 10.2 Å². The number of halogens is 14. The third-order valence-corrected chi connectivity index (χ3v) is 28.1. The molecular formula is C97H130Cl2F12N16O19S3. The molecule has 4 saturated carbocycles. The molecule has 4 amide bonds. The summed E-state index contributed by atoms with van der Waals surface area (Å²) in [6.45, 7) is 36.4. The highest BCUT2D eigenvalue weighted by Gasteiger charge is 2.59. The quantitative estimate of drug-likeness (QED) is 0.0172. The van der Waals surface area contributed by atoms with Crippen LogP contribution >= 0.6 is 23.2 Å². The number of amides is 4. The number of aliphatic carboxylic acids is 1. The molecule has 149 heavy (non-hydrogen) atoms. The molecular weight excluding hydrogens is 2090 g/mol. The number of carbonyl (C=O) groups excluding carboxylic acids is 5. The standard InChI is InChI=1S/C24H34F3N3O6S.C19H25F3N2O2.C14H18F3N3O2S.C12H19N3O4S.C11H17NO3.C8H11N.C7H5Cl2N3.C2HF3O2/c1-21(2,3)35-19(31)28-37(33,34)30(13-16-7-9-17(10-8-16)24(25,26)27)18-11-23(12-18)14-29(15-23)20(32)36-22(4,5)6;1-17(2,3)26-16(25)24-11-18(12-24)8-15(9-18)23-10-13-4-6-14(7-5-13)19(20,21)22;15-14(16,17)11-3-1-10(2-4-11)7-20(23(18,21)22)12-5-13(6-12)8-19-9-13;1-12(2,3)19-11(16)13-20(17,18)15-8-6-10(7-9-15)14(4)5;1-10(2,3)15-9(14)12-6-11(7-12)4-8(13)5-11;1-7-2-4-8(6-9)5-3-7;1-4-2-5(8)12-6(4)7(9)10-3-11-12;3-2(4,5)1(6)7/h7-10,18H,11-15H2,1-6H3,(H,28,31);4-7,15,23H,8-12H2,1-3H3;1-4,12,19H,5-9H2,(H2,18,21,22);6-9H,1-5H3;4-7H2,1-3H3;2-5H,6,9H2,1H3;2-3H,1H3;(H,6,7). The summed E-state index contributed by atoms with van der Waals surface area (Å²) in [5, 5.41) is 35.3. The highest BCUT2D eigenvalue weighted by Crippen LogP contribution is 2.53. The zero-order valence-corrected chi connectivity index (χ0v) is 89.9. The van der Waals surface area contributed by atoms with Crippen LogP contribution < -0.4 is 40.2 Å². The predicted molar refractivity (Wildman–Crippen MR) is 527 cm³/mol. The number of aromatic nitrogens is 4. The molecule has 828 valence electrons. The summed E-state index contributed by atoms with van der Waals surface area (Å²) in [5.74, 6) is -2.44. The van der Waals surface area contributed by atoms with Crippen molar-refractivity contribution in [2.24, 2.45) is 36.9 Å². The van der Waals surface area contributed by atoms with Crippen LogP contribution in [0.1, 0.15) is 205 Å². The van der Waals surface area contributed by atoms with E-state index in [-0.39, 0.29) is 53.0 Å². The maximum Gasteiger partial charge on any atom is 0.493 e. The Hall–Kier alpha value is -10.7. The van der Waals surface area contributed by atoms with Crippen LogP contribution in [-0.2, 0) is 109 Å². The lowest BCUT2D eigenvalue weighted by Gasteiger charge is -2.60. The Kier molecular flexibility index (Phi) is 39.5. The number of nitrogens with zero attached hydrogens (tertiary/aromatic N) is 11. The van der Waals surface area contributed by atoms with Crippen molar-refractivity contribution in [3.05, 3.63) is 194 Å². The number of nitrogens with one attached hydrogen (secondary N) is 3. The molecule has 4 aromatic carbocycles. The lowest BCUT2D eigenvalue weighted by atomic mass is 9.60. The van der Waals surface area contributed by atoms with Crippen LogP contribution in [-0.4, -0.2) is 229 Å². The number of carboxylic acids is 1. The van der Waals surface area contributed by atoms with E-state index >= 15 is 0 Å². The van der Waals surface area contributed by atoms with E-state index in [4.69, 9.17) is 67.7 Å². The van der Waals surface area contributed by atoms with E-state index in [1.54, 1.807) is 99.7 Å². The van der Waals surface area contributed by atoms with Crippen LogP contribution in [0.2, 0.25) is 10.3 Å². The first kappa shape index (κ1) is 123. The number of alkyl halides is 12. The zero-order valence-electron chi connectivity index (χ0n) is 86.0. The zero-order chi connectivity index (χ0) is 112. The average molecular weight is 2220 g/mol. The second-order valence-electron chi connectivity index (χ2n) is 43.2. The van der Waals surface area contributed by atoms with Crippen molar-refractivity contribution in [2.45, 2.75) is 266 Å².